The summed E-state index contributed by atoms with van der Waals surface area (Å²) in [6.07, 6.45) is 0.362. The number of pyridine rings is 2. The summed E-state index contributed by atoms with van der Waals surface area (Å²) >= 11 is -2.32. The number of benzene rings is 3. The Labute approximate surface area is 301 Å². The molecule has 1 radical (unpaired) electrons. The van der Waals surface area contributed by atoms with Gasteiger partial charge in [-0.25, -0.2) is 4.98 Å². The van der Waals surface area contributed by atoms with Crippen LogP contribution in [0.4, 0.5) is 0 Å². The van der Waals surface area contributed by atoms with Gasteiger partial charge in [0.25, 0.3) is 0 Å². The molecule has 0 saturated heterocycles. The Kier molecular flexibility index (Phi) is 8.63. The van der Waals surface area contributed by atoms with E-state index in [0.29, 0.717) is 22.5 Å². The number of rotatable bonds is 6. The van der Waals surface area contributed by atoms with E-state index in [1.165, 1.54) is 6.07 Å². The van der Waals surface area contributed by atoms with Crippen molar-refractivity contribution in [2.75, 3.05) is 0 Å². The monoisotopic (exact) mass is 866 g/mol. The summed E-state index contributed by atoms with van der Waals surface area (Å²) in [5, 5.41) is 2.07. The molecule has 47 heavy (non-hydrogen) atoms. The van der Waals surface area contributed by atoms with Gasteiger partial charge in [0.05, 0.1) is 22.4 Å². The molecule has 4 heterocycles. The molecular formula is C40H42GeIrN4O-2. The Morgan fingerprint density at radius 2 is 1.81 bits per heavy atom. The SMILES string of the molecule is CCn1c(-c2[c-]ccc3c2oc2nc(C)ccc23)nc2ccccc21.[2H]C([2H])([2H])c1c[c-]c(-c2cc(C([2H])([2H])C(C)C)[c]([Ge]([CH3])([CH3])[CH3])cn2)cc1.[Ir]. The third kappa shape index (κ3) is 7.30. The zero-order valence-electron chi connectivity index (χ0n) is 32.8. The van der Waals surface area contributed by atoms with E-state index >= 15 is 0 Å². The maximum atomic E-state index is 8.60. The van der Waals surface area contributed by atoms with E-state index in [2.05, 4.69) is 63.0 Å². The van der Waals surface area contributed by atoms with Crippen LogP contribution in [-0.2, 0) is 33.0 Å². The number of para-hydroxylation sites is 2. The second kappa shape index (κ2) is 14.3. The Hall–Kier alpha value is -3.58. The van der Waals surface area contributed by atoms with Gasteiger partial charge < -0.3 is 8.98 Å². The number of furan rings is 1. The van der Waals surface area contributed by atoms with Gasteiger partial charge in [-0.3, -0.25) is 4.98 Å². The maximum Gasteiger partial charge on any atom is 0 e. The fraction of sp³-hybridized carbons (Fsp3) is 0.275. The summed E-state index contributed by atoms with van der Waals surface area (Å²) < 4.78 is 49.0. The Morgan fingerprint density at radius 3 is 2.51 bits per heavy atom. The van der Waals surface area contributed by atoms with Crippen LogP contribution < -0.4 is 4.40 Å². The van der Waals surface area contributed by atoms with Crippen molar-refractivity contribution in [3.8, 4) is 22.6 Å². The van der Waals surface area contributed by atoms with Crippen LogP contribution in [0.5, 0.6) is 0 Å². The fourth-order valence-electron chi connectivity index (χ4n) is 5.68. The molecule has 0 saturated carbocycles. The molecular weight excluding hydrogens is 817 g/mol. The molecule has 7 aromatic rings. The molecule has 0 aliphatic heterocycles. The Balaban J connectivity index is 0.000000197. The molecule has 7 heteroatoms. The number of aryl methyl sites for hydroxylation is 3. The molecule has 0 unspecified atom stereocenters. The van der Waals surface area contributed by atoms with Crippen molar-refractivity contribution in [2.24, 2.45) is 5.92 Å². The van der Waals surface area contributed by atoms with Gasteiger partial charge in [-0.1, -0.05) is 23.1 Å². The number of nitrogens with zero attached hydrogens (tertiary/aromatic N) is 4. The van der Waals surface area contributed by atoms with Crippen LogP contribution in [0.15, 0.2) is 83.4 Å². The quantitative estimate of drug-likeness (QED) is 0.124. The number of hydrogen-bond donors (Lipinski definition) is 0. The third-order valence-corrected chi connectivity index (χ3v) is 12.1. The maximum absolute atomic E-state index is 8.60. The molecule has 0 amide bonds. The van der Waals surface area contributed by atoms with Crippen molar-refractivity contribution < 1.29 is 31.4 Å². The predicted molar refractivity (Wildman–Crippen MR) is 194 cm³/mol. The number of imidazole rings is 1. The van der Waals surface area contributed by atoms with E-state index in [4.69, 9.17) is 16.3 Å². The standard InChI is InChI=1S/C21H16N3O.C19H26GeN.Ir/c1-3-24-18-10-5-4-9-17(18)23-20(24)16-8-6-7-14-15-12-11-13(2)22-21(15)25-19(14)16;1-14(2)11-17-12-19(16-9-7-15(3)8-10-16)21-13-18(17)20(4,5)6;/h4-7,9-12H,3H2,1-2H3;7-9,12-14H,11H2,1-6H3;/q2*-1;/i;3D3,11D2;. The van der Waals surface area contributed by atoms with Crippen molar-refractivity contribution in [2.45, 2.75) is 64.7 Å². The second-order valence-electron chi connectivity index (χ2n) is 12.8. The van der Waals surface area contributed by atoms with E-state index in [-0.39, 0.29) is 31.6 Å². The van der Waals surface area contributed by atoms with E-state index in [1.54, 1.807) is 12.1 Å². The van der Waals surface area contributed by atoms with Crippen LogP contribution in [-0.4, -0.2) is 32.8 Å². The van der Waals surface area contributed by atoms with Crippen LogP contribution in [0.2, 0.25) is 17.3 Å². The molecule has 243 valence electrons. The molecule has 5 nitrogen and oxygen atoms in total. The van der Waals surface area contributed by atoms with Crippen LogP contribution in [0.25, 0.3) is 55.7 Å². The van der Waals surface area contributed by atoms with E-state index in [0.717, 1.165) is 55.4 Å². The second-order valence-corrected chi connectivity index (χ2v) is 23.4. The summed E-state index contributed by atoms with van der Waals surface area (Å²) in [5.41, 5.74) is 7.62. The minimum atomic E-state index is -2.32. The van der Waals surface area contributed by atoms with Crippen molar-refractivity contribution in [3.63, 3.8) is 0 Å². The van der Waals surface area contributed by atoms with E-state index in [1.807, 2.05) is 69.4 Å². The molecule has 3 aromatic carbocycles. The van der Waals surface area contributed by atoms with Crippen LogP contribution in [0, 0.1) is 31.8 Å². The molecule has 0 aliphatic carbocycles. The average Bonchev–Trinajstić information content (AvgIpc) is 3.65. The summed E-state index contributed by atoms with van der Waals surface area (Å²) in [5.74, 6) is 7.41. The first kappa shape index (κ1) is 28.4. The largest absolute Gasteiger partial charge is 0 e. The van der Waals surface area contributed by atoms with Gasteiger partial charge in [0.15, 0.2) is 0 Å². The zero-order chi connectivity index (χ0) is 36.9. The van der Waals surface area contributed by atoms with Gasteiger partial charge in [0, 0.05) is 37.7 Å². The summed E-state index contributed by atoms with van der Waals surface area (Å²) in [6, 6.07) is 29.1. The van der Waals surface area contributed by atoms with Crippen LogP contribution in [0.1, 0.15) is 44.4 Å². The van der Waals surface area contributed by atoms with E-state index < -0.39 is 26.5 Å². The van der Waals surface area contributed by atoms with Gasteiger partial charge in [0.2, 0.25) is 5.71 Å². The van der Waals surface area contributed by atoms with Gasteiger partial charge in [-0.2, -0.15) is 0 Å². The molecule has 0 spiro atoms. The average molecular weight is 865 g/mol. The Bertz CT molecular complexity index is 2360. The number of aromatic nitrogens is 4. The predicted octanol–water partition coefficient (Wildman–Crippen LogP) is 9.72. The minimum Gasteiger partial charge on any atom is 0 e. The molecule has 0 bridgehead atoms. The van der Waals surface area contributed by atoms with Gasteiger partial charge in [-0.05, 0) is 38.1 Å². The summed E-state index contributed by atoms with van der Waals surface area (Å²) in [4.78, 5) is 13.9. The van der Waals surface area contributed by atoms with Crippen molar-refractivity contribution in [1.82, 2.24) is 19.5 Å². The summed E-state index contributed by atoms with van der Waals surface area (Å²) in [6.45, 7) is 6.54. The molecule has 4 aromatic heterocycles. The molecule has 7 rings (SSSR count). The molecule has 0 atom stereocenters. The summed E-state index contributed by atoms with van der Waals surface area (Å²) in [7, 11) is 0. The van der Waals surface area contributed by atoms with Gasteiger partial charge in [-0.15, -0.1) is 18.2 Å². The van der Waals surface area contributed by atoms with Crippen molar-refractivity contribution >= 4 is 50.8 Å². The fourth-order valence-corrected chi connectivity index (χ4v) is 8.63. The van der Waals surface area contributed by atoms with Gasteiger partial charge in [0.1, 0.15) is 0 Å². The first-order valence-corrected chi connectivity index (χ1v) is 23.0. The topological polar surface area (TPSA) is 56.7 Å². The molecule has 0 fully saturated rings. The van der Waals surface area contributed by atoms with E-state index in [9.17, 15) is 0 Å². The zero-order valence-corrected chi connectivity index (χ0v) is 32.3. The number of fused-ring (bicyclic) bond motifs is 4. The third-order valence-electron chi connectivity index (χ3n) is 7.88. The first-order chi connectivity index (χ1) is 24.0. The van der Waals surface area contributed by atoms with Crippen LogP contribution >= 0.6 is 0 Å². The van der Waals surface area contributed by atoms with Crippen molar-refractivity contribution in [1.29, 1.82) is 0 Å². The van der Waals surface area contributed by atoms with Crippen molar-refractivity contribution in [3.05, 3.63) is 108 Å². The molecule has 0 N–H and O–H groups in total. The molecule has 0 aliphatic rings. The Morgan fingerprint density at radius 1 is 1.00 bits per heavy atom. The minimum absolute atomic E-state index is 0. The van der Waals surface area contributed by atoms with Gasteiger partial charge >= 0.3 is 139 Å². The number of hydrogen-bond acceptors (Lipinski definition) is 4. The smallest absolute Gasteiger partial charge is 0 e. The van der Waals surface area contributed by atoms with Crippen LogP contribution in [0.3, 0.4) is 0 Å². The first-order valence-electron chi connectivity index (χ1n) is 18.2. The normalized spacial score (nSPS) is 13.7.